The minimum Gasteiger partial charge on any atom is -0.481 e. The third kappa shape index (κ3) is 2.91. The van der Waals surface area contributed by atoms with Crippen LogP contribution in [0.3, 0.4) is 0 Å². The number of aromatic amines is 2. The molecule has 2 heterocycles. The predicted octanol–water partition coefficient (Wildman–Crippen LogP) is -0.268. The maximum atomic E-state index is 10.8. The molecule has 17 heavy (non-hydrogen) atoms. The fraction of sp³-hybridized carbons (Fsp3) is 0.125. The first-order valence-corrected chi connectivity index (χ1v) is 5.47. The van der Waals surface area contributed by atoms with Gasteiger partial charge in [0.2, 0.25) is 5.16 Å². The zero-order valence-corrected chi connectivity index (χ0v) is 9.19. The van der Waals surface area contributed by atoms with Crippen LogP contribution in [-0.2, 0) is 4.79 Å². The van der Waals surface area contributed by atoms with Gasteiger partial charge in [-0.2, -0.15) is 10.1 Å². The molecule has 0 spiro atoms. The van der Waals surface area contributed by atoms with Crippen LogP contribution < -0.4 is 5.56 Å². The maximum absolute atomic E-state index is 10.8. The van der Waals surface area contributed by atoms with Crippen molar-refractivity contribution in [2.75, 3.05) is 5.75 Å². The van der Waals surface area contributed by atoms with E-state index in [4.69, 9.17) is 5.11 Å². The molecular weight excluding hydrogens is 246 g/mol. The van der Waals surface area contributed by atoms with Crippen LogP contribution in [0.15, 0.2) is 22.1 Å². The molecule has 2 rings (SSSR count). The van der Waals surface area contributed by atoms with Gasteiger partial charge in [0.05, 0.1) is 5.75 Å². The second-order valence-electron chi connectivity index (χ2n) is 2.96. The van der Waals surface area contributed by atoms with Gasteiger partial charge in [-0.1, -0.05) is 11.8 Å². The molecular formula is C8H7N5O3S. The van der Waals surface area contributed by atoms with E-state index in [1.165, 1.54) is 12.1 Å². The third-order valence-electron chi connectivity index (χ3n) is 1.71. The Hall–Kier alpha value is -2.16. The summed E-state index contributed by atoms with van der Waals surface area (Å²) in [5.74, 6) is -0.686. The van der Waals surface area contributed by atoms with Crippen LogP contribution in [0.5, 0.6) is 0 Å². The Balaban J connectivity index is 2.15. The monoisotopic (exact) mass is 253 g/mol. The Morgan fingerprint density at radius 3 is 2.82 bits per heavy atom. The molecule has 3 N–H and O–H groups in total. The van der Waals surface area contributed by atoms with Gasteiger partial charge in [0.1, 0.15) is 5.69 Å². The number of nitrogens with zero attached hydrogens (tertiary/aromatic N) is 3. The molecule has 0 atom stereocenters. The lowest BCUT2D eigenvalue weighted by Gasteiger charge is -1.91. The summed E-state index contributed by atoms with van der Waals surface area (Å²) in [6, 6.07) is 2.81. The zero-order valence-electron chi connectivity index (χ0n) is 8.38. The lowest BCUT2D eigenvalue weighted by Crippen LogP contribution is -2.05. The highest BCUT2D eigenvalue weighted by molar-refractivity contribution is 7.99. The van der Waals surface area contributed by atoms with E-state index in [1.807, 2.05) is 0 Å². The van der Waals surface area contributed by atoms with Crippen LogP contribution in [0.1, 0.15) is 0 Å². The van der Waals surface area contributed by atoms with Gasteiger partial charge in [-0.05, 0) is 6.07 Å². The standard InChI is InChI=1S/C8H7N5O3S/c14-5-2-1-4(10-11-5)7-9-8(13-12-7)17-3-6(15)16/h1-2H,3H2,(H,11,14)(H,15,16)(H,9,12,13). The summed E-state index contributed by atoms with van der Waals surface area (Å²) in [4.78, 5) is 25.2. The fourth-order valence-electron chi connectivity index (χ4n) is 1.03. The molecule has 0 amide bonds. The first-order valence-electron chi connectivity index (χ1n) is 4.48. The fourth-order valence-corrected chi connectivity index (χ4v) is 1.55. The summed E-state index contributed by atoms with van der Waals surface area (Å²) >= 11 is 0.994. The second kappa shape index (κ2) is 4.78. The number of carboxylic acids is 1. The lowest BCUT2D eigenvalue weighted by molar-refractivity contribution is -0.133. The van der Waals surface area contributed by atoms with Gasteiger partial charge in [-0.3, -0.25) is 14.7 Å². The Morgan fingerprint density at radius 2 is 2.18 bits per heavy atom. The summed E-state index contributed by atoms with van der Waals surface area (Å²) in [6.45, 7) is 0. The van der Waals surface area contributed by atoms with E-state index < -0.39 is 5.97 Å². The highest BCUT2D eigenvalue weighted by Crippen LogP contribution is 2.16. The molecule has 2 aromatic heterocycles. The van der Waals surface area contributed by atoms with Crippen molar-refractivity contribution in [2.24, 2.45) is 0 Å². The van der Waals surface area contributed by atoms with E-state index in [0.29, 0.717) is 16.7 Å². The van der Waals surface area contributed by atoms with Gasteiger partial charge < -0.3 is 5.11 Å². The van der Waals surface area contributed by atoms with Crippen molar-refractivity contribution in [1.29, 1.82) is 0 Å². The minimum atomic E-state index is -0.941. The second-order valence-corrected chi connectivity index (χ2v) is 3.90. The van der Waals surface area contributed by atoms with Crippen LogP contribution in [-0.4, -0.2) is 42.2 Å². The Bertz CT molecular complexity index is 572. The Labute approximate surface area is 98.5 Å². The van der Waals surface area contributed by atoms with Crippen LogP contribution in [0.25, 0.3) is 11.5 Å². The first-order chi connectivity index (χ1) is 8.15. The molecule has 0 aliphatic rings. The number of H-pyrrole nitrogens is 2. The number of thioether (sulfide) groups is 1. The molecule has 9 heteroatoms. The summed E-state index contributed by atoms with van der Waals surface area (Å²) in [6.07, 6.45) is 0. The molecule has 0 aliphatic heterocycles. The van der Waals surface area contributed by atoms with E-state index in [9.17, 15) is 9.59 Å². The molecule has 88 valence electrons. The van der Waals surface area contributed by atoms with Crippen LogP contribution >= 0.6 is 11.8 Å². The van der Waals surface area contributed by atoms with E-state index in [0.717, 1.165) is 11.8 Å². The normalized spacial score (nSPS) is 10.4. The molecule has 0 aliphatic carbocycles. The SMILES string of the molecule is O=C(O)CSc1n[nH]c(-c2ccc(=O)[nH]n2)n1. The van der Waals surface area contributed by atoms with Crippen molar-refractivity contribution in [1.82, 2.24) is 25.4 Å². The summed E-state index contributed by atoms with van der Waals surface area (Å²) in [7, 11) is 0. The van der Waals surface area contributed by atoms with Crippen molar-refractivity contribution >= 4 is 17.7 Å². The highest BCUT2D eigenvalue weighted by Gasteiger charge is 2.08. The average molecular weight is 253 g/mol. The van der Waals surface area contributed by atoms with Gasteiger partial charge in [0, 0.05) is 6.07 Å². The number of hydrogen-bond acceptors (Lipinski definition) is 6. The van der Waals surface area contributed by atoms with Gasteiger partial charge >= 0.3 is 5.97 Å². The lowest BCUT2D eigenvalue weighted by atomic mass is 10.4. The number of rotatable bonds is 4. The minimum absolute atomic E-state index is 0.115. The predicted molar refractivity (Wildman–Crippen MR) is 58.6 cm³/mol. The summed E-state index contributed by atoms with van der Waals surface area (Å²) in [5, 5.41) is 21.3. The number of nitrogens with one attached hydrogen (secondary N) is 2. The van der Waals surface area contributed by atoms with Crippen molar-refractivity contribution in [3.8, 4) is 11.5 Å². The van der Waals surface area contributed by atoms with Crippen molar-refractivity contribution < 1.29 is 9.90 Å². The molecule has 0 saturated heterocycles. The topological polar surface area (TPSA) is 125 Å². The summed E-state index contributed by atoms with van der Waals surface area (Å²) < 4.78 is 0. The van der Waals surface area contributed by atoms with Crippen molar-refractivity contribution in [2.45, 2.75) is 5.16 Å². The molecule has 2 aromatic rings. The smallest absolute Gasteiger partial charge is 0.313 e. The largest absolute Gasteiger partial charge is 0.481 e. The number of aromatic nitrogens is 5. The van der Waals surface area contributed by atoms with Crippen LogP contribution in [0.4, 0.5) is 0 Å². The Morgan fingerprint density at radius 1 is 1.35 bits per heavy atom. The number of carboxylic acid groups (broad SMARTS) is 1. The number of aliphatic carboxylic acids is 1. The molecule has 0 radical (unpaired) electrons. The molecule has 8 nitrogen and oxygen atoms in total. The number of hydrogen-bond donors (Lipinski definition) is 3. The third-order valence-corrected chi connectivity index (χ3v) is 2.54. The first kappa shape index (κ1) is 11.3. The molecule has 0 aromatic carbocycles. The zero-order chi connectivity index (χ0) is 12.3. The van der Waals surface area contributed by atoms with Crippen molar-refractivity contribution in [3.63, 3.8) is 0 Å². The van der Waals surface area contributed by atoms with Gasteiger partial charge in [0.25, 0.3) is 5.56 Å². The highest BCUT2D eigenvalue weighted by atomic mass is 32.2. The molecule has 0 bridgehead atoms. The quantitative estimate of drug-likeness (QED) is 0.640. The molecule has 0 fully saturated rings. The number of carbonyl (C=O) groups is 1. The van der Waals surface area contributed by atoms with Gasteiger partial charge in [-0.15, -0.1) is 5.10 Å². The maximum Gasteiger partial charge on any atom is 0.313 e. The Kier molecular flexibility index (Phi) is 3.19. The molecule has 0 saturated carbocycles. The van der Waals surface area contributed by atoms with Crippen LogP contribution in [0.2, 0.25) is 0 Å². The average Bonchev–Trinajstić information content (AvgIpc) is 2.76. The van der Waals surface area contributed by atoms with Crippen LogP contribution in [0, 0.1) is 0 Å². The van der Waals surface area contributed by atoms with E-state index >= 15 is 0 Å². The van der Waals surface area contributed by atoms with E-state index in [1.54, 1.807) is 0 Å². The van der Waals surface area contributed by atoms with E-state index in [2.05, 4.69) is 25.4 Å². The van der Waals surface area contributed by atoms with Crippen molar-refractivity contribution in [3.05, 3.63) is 22.5 Å². The summed E-state index contributed by atoms with van der Waals surface area (Å²) in [5.41, 5.74) is 0.119. The van der Waals surface area contributed by atoms with Gasteiger partial charge in [-0.25, -0.2) is 5.10 Å². The molecule has 0 unspecified atom stereocenters. The van der Waals surface area contributed by atoms with Gasteiger partial charge in [0.15, 0.2) is 5.82 Å². The van der Waals surface area contributed by atoms with E-state index in [-0.39, 0.29) is 11.3 Å².